The lowest BCUT2D eigenvalue weighted by atomic mass is 9.98. The van der Waals surface area contributed by atoms with Gasteiger partial charge in [-0.05, 0) is 37.1 Å². The van der Waals surface area contributed by atoms with Gasteiger partial charge in [0.1, 0.15) is 5.82 Å². The predicted molar refractivity (Wildman–Crippen MR) is 77.9 cm³/mol. The largest absolute Gasteiger partial charge is 0.305 e. The van der Waals surface area contributed by atoms with Crippen LogP contribution in [-0.4, -0.2) is 16.5 Å². The molecule has 2 rings (SSSR count). The molecule has 1 atom stereocenters. The molecule has 0 fully saturated rings. The number of hydrogen-bond acceptors (Lipinski definition) is 3. The lowest BCUT2D eigenvalue weighted by Gasteiger charge is -2.21. The van der Waals surface area contributed by atoms with Crippen LogP contribution in [0.4, 0.5) is 4.39 Å². The molecule has 0 saturated heterocycles. The molecule has 106 valence electrons. The van der Waals surface area contributed by atoms with Gasteiger partial charge >= 0.3 is 0 Å². The third-order valence-corrected chi connectivity index (χ3v) is 3.29. The van der Waals surface area contributed by atoms with Gasteiger partial charge in [-0.3, -0.25) is 9.97 Å². The summed E-state index contributed by atoms with van der Waals surface area (Å²) in [4.78, 5) is 8.29. The minimum absolute atomic E-state index is 0.228. The lowest BCUT2D eigenvalue weighted by molar-refractivity contribution is 0.533. The van der Waals surface area contributed by atoms with Crippen molar-refractivity contribution in [2.45, 2.75) is 32.7 Å². The van der Waals surface area contributed by atoms with E-state index in [0.29, 0.717) is 5.56 Å². The SMILES string of the molecule is CCCNC(c1ccncc1F)c1ncccc1CC. The molecular formula is C16H20FN3. The Morgan fingerprint density at radius 1 is 1.25 bits per heavy atom. The molecule has 4 heteroatoms. The Morgan fingerprint density at radius 2 is 2.10 bits per heavy atom. The summed E-state index contributed by atoms with van der Waals surface area (Å²) in [5.41, 5.74) is 2.63. The molecule has 0 amide bonds. The maximum Gasteiger partial charge on any atom is 0.146 e. The van der Waals surface area contributed by atoms with Gasteiger partial charge in [0, 0.05) is 18.0 Å². The van der Waals surface area contributed by atoms with Crippen LogP contribution in [-0.2, 0) is 6.42 Å². The van der Waals surface area contributed by atoms with E-state index >= 15 is 0 Å². The fraction of sp³-hybridized carbons (Fsp3) is 0.375. The molecule has 2 heterocycles. The van der Waals surface area contributed by atoms with Crippen molar-refractivity contribution in [3.63, 3.8) is 0 Å². The van der Waals surface area contributed by atoms with Crippen LogP contribution in [0, 0.1) is 5.82 Å². The summed E-state index contributed by atoms with van der Waals surface area (Å²) >= 11 is 0. The summed E-state index contributed by atoms with van der Waals surface area (Å²) in [6, 6.07) is 5.45. The van der Waals surface area contributed by atoms with E-state index in [2.05, 4.69) is 29.1 Å². The third-order valence-electron chi connectivity index (χ3n) is 3.29. The maximum absolute atomic E-state index is 14.1. The number of nitrogens with one attached hydrogen (secondary N) is 1. The van der Waals surface area contributed by atoms with E-state index in [4.69, 9.17) is 0 Å². The number of hydrogen-bond donors (Lipinski definition) is 1. The average molecular weight is 273 g/mol. The van der Waals surface area contributed by atoms with Crippen LogP contribution >= 0.6 is 0 Å². The van der Waals surface area contributed by atoms with Crippen LogP contribution in [0.2, 0.25) is 0 Å². The molecule has 0 aromatic carbocycles. The van der Waals surface area contributed by atoms with Crippen LogP contribution in [0.25, 0.3) is 0 Å². The van der Waals surface area contributed by atoms with Crippen molar-refractivity contribution in [2.75, 3.05) is 6.54 Å². The van der Waals surface area contributed by atoms with Crippen molar-refractivity contribution < 1.29 is 4.39 Å². The van der Waals surface area contributed by atoms with Crippen LogP contribution < -0.4 is 5.32 Å². The molecule has 0 saturated carbocycles. The van der Waals surface area contributed by atoms with Crippen molar-refractivity contribution in [3.05, 3.63) is 59.4 Å². The monoisotopic (exact) mass is 273 g/mol. The van der Waals surface area contributed by atoms with Gasteiger partial charge in [0.25, 0.3) is 0 Å². The van der Waals surface area contributed by atoms with Crippen LogP contribution in [0.5, 0.6) is 0 Å². The molecule has 0 spiro atoms. The van der Waals surface area contributed by atoms with E-state index in [1.807, 2.05) is 12.1 Å². The minimum atomic E-state index is -0.297. The first-order valence-corrected chi connectivity index (χ1v) is 7.04. The summed E-state index contributed by atoms with van der Waals surface area (Å²) in [6.07, 6.45) is 6.49. The highest BCUT2D eigenvalue weighted by Crippen LogP contribution is 2.25. The zero-order chi connectivity index (χ0) is 14.4. The van der Waals surface area contributed by atoms with Gasteiger partial charge < -0.3 is 5.32 Å². The zero-order valence-corrected chi connectivity index (χ0v) is 11.9. The van der Waals surface area contributed by atoms with E-state index < -0.39 is 0 Å². The smallest absolute Gasteiger partial charge is 0.146 e. The van der Waals surface area contributed by atoms with Crippen molar-refractivity contribution >= 4 is 0 Å². The van der Waals surface area contributed by atoms with Gasteiger partial charge in [-0.1, -0.05) is 19.9 Å². The Bertz CT molecular complexity index is 557. The summed E-state index contributed by atoms with van der Waals surface area (Å²) in [7, 11) is 0. The zero-order valence-electron chi connectivity index (χ0n) is 11.9. The quantitative estimate of drug-likeness (QED) is 0.877. The molecule has 1 N–H and O–H groups in total. The third kappa shape index (κ3) is 3.20. The highest BCUT2D eigenvalue weighted by molar-refractivity contribution is 5.32. The van der Waals surface area contributed by atoms with Gasteiger partial charge in [0.05, 0.1) is 17.9 Å². The molecule has 0 aliphatic rings. The fourth-order valence-electron chi connectivity index (χ4n) is 2.27. The van der Waals surface area contributed by atoms with Gasteiger partial charge in [-0.25, -0.2) is 4.39 Å². The summed E-state index contributed by atoms with van der Waals surface area (Å²) in [5, 5.41) is 3.39. The van der Waals surface area contributed by atoms with Gasteiger partial charge in [-0.15, -0.1) is 0 Å². The number of nitrogens with zero attached hydrogens (tertiary/aromatic N) is 2. The Morgan fingerprint density at radius 3 is 2.80 bits per heavy atom. The number of aryl methyl sites for hydroxylation is 1. The van der Waals surface area contributed by atoms with Crippen LogP contribution in [0.3, 0.4) is 0 Å². The first-order chi connectivity index (χ1) is 9.77. The van der Waals surface area contributed by atoms with Crippen LogP contribution in [0.1, 0.15) is 43.1 Å². The summed E-state index contributed by atoms with van der Waals surface area (Å²) in [6.45, 7) is 4.98. The second-order valence-electron chi connectivity index (χ2n) is 4.69. The Labute approximate surface area is 119 Å². The first kappa shape index (κ1) is 14.6. The van der Waals surface area contributed by atoms with Crippen molar-refractivity contribution in [1.82, 2.24) is 15.3 Å². The molecule has 1 unspecified atom stereocenters. The highest BCUT2D eigenvalue weighted by atomic mass is 19.1. The van der Waals surface area contributed by atoms with E-state index in [1.54, 1.807) is 18.5 Å². The summed E-state index contributed by atoms with van der Waals surface area (Å²) in [5.74, 6) is -0.297. The predicted octanol–water partition coefficient (Wildman–Crippen LogP) is 3.27. The van der Waals surface area contributed by atoms with Crippen LogP contribution in [0.15, 0.2) is 36.8 Å². The Hall–Kier alpha value is -1.81. The highest BCUT2D eigenvalue weighted by Gasteiger charge is 2.20. The number of aromatic nitrogens is 2. The molecular weight excluding hydrogens is 253 g/mol. The standard InChI is InChI=1S/C16H20FN3/c1-3-8-19-16(13-7-10-18-11-14(13)17)15-12(4-2)6-5-9-20-15/h5-7,9-11,16,19H,3-4,8H2,1-2H3. The van der Waals surface area contributed by atoms with Crippen molar-refractivity contribution in [1.29, 1.82) is 0 Å². The second kappa shape index (κ2) is 7.10. The maximum atomic E-state index is 14.1. The van der Waals surface area contributed by atoms with E-state index in [9.17, 15) is 4.39 Å². The van der Waals surface area contributed by atoms with E-state index in [-0.39, 0.29) is 11.9 Å². The molecule has 3 nitrogen and oxygen atoms in total. The lowest BCUT2D eigenvalue weighted by Crippen LogP contribution is -2.26. The molecule has 0 bridgehead atoms. The molecule has 0 aliphatic heterocycles. The van der Waals surface area contributed by atoms with Gasteiger partial charge in [0.2, 0.25) is 0 Å². The van der Waals surface area contributed by atoms with E-state index in [1.165, 1.54) is 6.20 Å². The molecule has 2 aromatic heterocycles. The Kier molecular flexibility index (Phi) is 5.18. The minimum Gasteiger partial charge on any atom is -0.305 e. The molecule has 2 aromatic rings. The molecule has 0 aliphatic carbocycles. The number of rotatable bonds is 6. The second-order valence-corrected chi connectivity index (χ2v) is 4.69. The molecule has 20 heavy (non-hydrogen) atoms. The van der Waals surface area contributed by atoms with Gasteiger partial charge in [-0.2, -0.15) is 0 Å². The molecule has 0 radical (unpaired) electrons. The van der Waals surface area contributed by atoms with Crippen molar-refractivity contribution in [3.8, 4) is 0 Å². The topological polar surface area (TPSA) is 37.8 Å². The normalized spacial score (nSPS) is 12.3. The summed E-state index contributed by atoms with van der Waals surface area (Å²) < 4.78 is 14.1. The van der Waals surface area contributed by atoms with E-state index in [0.717, 1.165) is 30.6 Å². The number of halogens is 1. The average Bonchev–Trinajstić information content (AvgIpc) is 2.49. The number of pyridine rings is 2. The van der Waals surface area contributed by atoms with Gasteiger partial charge in [0.15, 0.2) is 0 Å². The fourth-order valence-corrected chi connectivity index (χ4v) is 2.27. The van der Waals surface area contributed by atoms with Crippen molar-refractivity contribution in [2.24, 2.45) is 0 Å². The first-order valence-electron chi connectivity index (χ1n) is 7.04. The Balaban J connectivity index is 2.44.